The molecule has 0 aliphatic heterocycles. The summed E-state index contributed by atoms with van der Waals surface area (Å²) in [6.45, 7) is 5.02. The average molecular weight is 330 g/mol. The molecule has 0 heterocycles. The monoisotopic (exact) mass is 330 g/mol. The van der Waals surface area contributed by atoms with Gasteiger partial charge in [-0.1, -0.05) is 56.3 Å². The smallest absolute Gasteiger partial charge is 0.166 e. The lowest BCUT2D eigenvalue weighted by atomic mass is 9.96. The summed E-state index contributed by atoms with van der Waals surface area (Å²) in [5, 5.41) is 7.21. The predicted octanol–water partition coefficient (Wildman–Crippen LogP) is 4.23. The maximum Gasteiger partial charge on any atom is 0.166 e. The van der Waals surface area contributed by atoms with E-state index >= 15 is 0 Å². The summed E-state index contributed by atoms with van der Waals surface area (Å²) < 4.78 is 13.1. The Kier molecular flexibility index (Phi) is 6.53. The summed E-state index contributed by atoms with van der Waals surface area (Å²) in [6, 6.07) is 16.9. The Hall–Kier alpha value is -1.94. The zero-order chi connectivity index (χ0) is 16.7. The molecule has 0 aliphatic rings. The first-order valence-electron chi connectivity index (χ1n) is 7.90. The van der Waals surface area contributed by atoms with Crippen molar-refractivity contribution in [2.24, 2.45) is 5.92 Å². The summed E-state index contributed by atoms with van der Waals surface area (Å²) in [5.41, 5.74) is 2.32. The Labute approximate surface area is 143 Å². The second kappa shape index (κ2) is 8.63. The fourth-order valence-corrected chi connectivity index (χ4v) is 2.69. The maximum atomic E-state index is 13.1. The van der Waals surface area contributed by atoms with E-state index in [0.717, 1.165) is 18.5 Å². The van der Waals surface area contributed by atoms with E-state index in [9.17, 15) is 4.39 Å². The van der Waals surface area contributed by atoms with Crippen molar-refractivity contribution in [1.82, 2.24) is 10.6 Å². The Morgan fingerprint density at radius 1 is 1.04 bits per heavy atom. The first-order chi connectivity index (χ1) is 11.1. The van der Waals surface area contributed by atoms with Gasteiger partial charge in [0.05, 0.1) is 6.04 Å². The molecule has 0 saturated carbocycles. The molecule has 2 aromatic carbocycles. The molecule has 0 aliphatic carbocycles. The van der Waals surface area contributed by atoms with Gasteiger partial charge in [-0.15, -0.1) is 0 Å². The zero-order valence-electron chi connectivity index (χ0n) is 13.6. The van der Waals surface area contributed by atoms with Crippen LogP contribution < -0.4 is 10.6 Å². The number of hydrogen-bond acceptors (Lipinski definition) is 1. The lowest BCUT2D eigenvalue weighted by Crippen LogP contribution is -2.40. The summed E-state index contributed by atoms with van der Waals surface area (Å²) in [5.74, 6) is 0.120. The number of halogens is 1. The van der Waals surface area contributed by atoms with Crippen LogP contribution in [0.4, 0.5) is 4.39 Å². The summed E-state index contributed by atoms with van der Waals surface area (Å²) in [6.07, 6.45) is 0.922. The van der Waals surface area contributed by atoms with E-state index in [4.69, 9.17) is 12.2 Å². The Balaban J connectivity index is 1.87. The van der Waals surface area contributed by atoms with Gasteiger partial charge in [0, 0.05) is 6.54 Å². The van der Waals surface area contributed by atoms with Crippen LogP contribution in [0.3, 0.4) is 0 Å². The third-order valence-electron chi connectivity index (χ3n) is 3.72. The van der Waals surface area contributed by atoms with Crippen molar-refractivity contribution in [3.8, 4) is 0 Å². The third kappa shape index (κ3) is 5.64. The van der Waals surface area contributed by atoms with Gasteiger partial charge < -0.3 is 10.6 Å². The third-order valence-corrected chi connectivity index (χ3v) is 3.99. The molecule has 2 rings (SSSR count). The van der Waals surface area contributed by atoms with Gasteiger partial charge in [0.25, 0.3) is 0 Å². The van der Waals surface area contributed by atoms with Gasteiger partial charge in [-0.3, -0.25) is 0 Å². The Bertz CT molecular complexity index is 611. The average Bonchev–Trinajstić information content (AvgIpc) is 2.54. The van der Waals surface area contributed by atoms with E-state index in [2.05, 4.69) is 36.6 Å². The molecule has 0 bridgehead atoms. The Morgan fingerprint density at radius 3 is 2.30 bits per heavy atom. The number of nitrogens with one attached hydrogen (secondary N) is 2. The van der Waals surface area contributed by atoms with Gasteiger partial charge in [0.1, 0.15) is 5.82 Å². The van der Waals surface area contributed by atoms with Gasteiger partial charge in [0.15, 0.2) is 5.11 Å². The minimum Gasteiger partial charge on any atom is -0.362 e. The van der Waals surface area contributed by atoms with Crippen LogP contribution in [-0.2, 0) is 6.42 Å². The molecule has 0 amide bonds. The molecule has 0 spiro atoms. The van der Waals surface area contributed by atoms with Crippen molar-refractivity contribution in [2.45, 2.75) is 26.3 Å². The second-order valence-corrected chi connectivity index (χ2v) is 6.32. The van der Waals surface area contributed by atoms with Crippen LogP contribution in [0, 0.1) is 11.7 Å². The van der Waals surface area contributed by atoms with Gasteiger partial charge in [-0.25, -0.2) is 4.39 Å². The number of hydrogen-bond donors (Lipinski definition) is 2. The van der Waals surface area contributed by atoms with E-state index in [1.54, 1.807) is 12.1 Å². The minimum atomic E-state index is -0.222. The van der Waals surface area contributed by atoms with Crippen LogP contribution >= 0.6 is 12.2 Å². The van der Waals surface area contributed by atoms with E-state index in [1.807, 2.05) is 18.2 Å². The first-order valence-corrected chi connectivity index (χ1v) is 8.31. The van der Waals surface area contributed by atoms with Crippen LogP contribution in [-0.4, -0.2) is 11.7 Å². The highest BCUT2D eigenvalue weighted by atomic mass is 32.1. The standard InChI is InChI=1S/C19H23FN2S/c1-14(2)18(16-8-10-17(20)11-9-16)22-19(23)21-13-12-15-6-4-3-5-7-15/h3-11,14,18H,12-13H2,1-2H3,(H2,21,22,23)/t18-/m0/s1. The molecular formula is C19H23FN2S. The molecule has 0 aromatic heterocycles. The fraction of sp³-hybridized carbons (Fsp3) is 0.316. The second-order valence-electron chi connectivity index (χ2n) is 5.91. The number of benzene rings is 2. The molecule has 0 fully saturated rings. The van der Waals surface area contributed by atoms with E-state index < -0.39 is 0 Å². The summed E-state index contributed by atoms with van der Waals surface area (Å²) >= 11 is 5.39. The molecule has 1 atom stereocenters. The van der Waals surface area contributed by atoms with E-state index in [1.165, 1.54) is 17.7 Å². The lowest BCUT2D eigenvalue weighted by Gasteiger charge is -2.24. The molecular weight excluding hydrogens is 307 g/mol. The maximum absolute atomic E-state index is 13.1. The number of thiocarbonyl (C=S) groups is 1. The quantitative estimate of drug-likeness (QED) is 0.775. The largest absolute Gasteiger partial charge is 0.362 e. The summed E-state index contributed by atoms with van der Waals surface area (Å²) in [4.78, 5) is 0. The van der Waals surface area contributed by atoms with Gasteiger partial charge in [-0.2, -0.15) is 0 Å². The zero-order valence-corrected chi connectivity index (χ0v) is 14.4. The van der Waals surface area contributed by atoms with Crippen LogP contribution in [0.1, 0.15) is 31.0 Å². The molecule has 0 radical (unpaired) electrons. The van der Waals surface area contributed by atoms with E-state index in [0.29, 0.717) is 11.0 Å². The molecule has 2 nitrogen and oxygen atoms in total. The van der Waals surface area contributed by atoms with Gasteiger partial charge in [0.2, 0.25) is 0 Å². The number of rotatable bonds is 6. The normalized spacial score (nSPS) is 12.0. The van der Waals surface area contributed by atoms with Crippen molar-refractivity contribution in [2.75, 3.05) is 6.54 Å². The Morgan fingerprint density at radius 2 is 1.70 bits per heavy atom. The summed E-state index contributed by atoms with van der Waals surface area (Å²) in [7, 11) is 0. The topological polar surface area (TPSA) is 24.1 Å². The fourth-order valence-electron chi connectivity index (χ4n) is 2.46. The van der Waals surface area contributed by atoms with Crippen molar-refractivity contribution in [1.29, 1.82) is 0 Å². The highest BCUT2D eigenvalue weighted by Gasteiger charge is 2.16. The molecule has 2 aromatic rings. The van der Waals surface area contributed by atoms with Crippen LogP contribution in [0.25, 0.3) is 0 Å². The highest BCUT2D eigenvalue weighted by molar-refractivity contribution is 7.80. The molecule has 0 saturated heterocycles. The van der Waals surface area contributed by atoms with Gasteiger partial charge in [-0.05, 0) is 47.8 Å². The SMILES string of the molecule is CC(C)[C@H](NC(=S)NCCc1ccccc1)c1ccc(F)cc1. The van der Waals surface area contributed by atoms with Crippen molar-refractivity contribution in [3.05, 3.63) is 71.5 Å². The van der Waals surface area contributed by atoms with Crippen LogP contribution in [0.2, 0.25) is 0 Å². The van der Waals surface area contributed by atoms with Crippen LogP contribution in [0.5, 0.6) is 0 Å². The van der Waals surface area contributed by atoms with Crippen molar-refractivity contribution >= 4 is 17.3 Å². The van der Waals surface area contributed by atoms with Crippen molar-refractivity contribution < 1.29 is 4.39 Å². The molecule has 2 N–H and O–H groups in total. The van der Waals surface area contributed by atoms with Gasteiger partial charge >= 0.3 is 0 Å². The van der Waals surface area contributed by atoms with Crippen molar-refractivity contribution in [3.63, 3.8) is 0 Å². The first kappa shape index (κ1) is 17.4. The molecule has 0 unspecified atom stereocenters. The lowest BCUT2D eigenvalue weighted by molar-refractivity contribution is 0.468. The minimum absolute atomic E-state index is 0.0623. The van der Waals surface area contributed by atoms with E-state index in [-0.39, 0.29) is 11.9 Å². The predicted molar refractivity (Wildman–Crippen MR) is 97.9 cm³/mol. The highest BCUT2D eigenvalue weighted by Crippen LogP contribution is 2.21. The molecule has 23 heavy (non-hydrogen) atoms. The van der Waals surface area contributed by atoms with Crippen LogP contribution in [0.15, 0.2) is 54.6 Å². The molecule has 122 valence electrons. The molecule has 4 heteroatoms.